The van der Waals surface area contributed by atoms with E-state index in [9.17, 15) is 0 Å². The summed E-state index contributed by atoms with van der Waals surface area (Å²) in [7, 11) is 3.36. The second kappa shape index (κ2) is 12.1. The largest absolute Gasteiger partial charge is 0.356 e. The molecule has 2 nitrogen and oxygen atoms in total. The topological polar surface area (TPSA) is 18.5 Å². The van der Waals surface area contributed by atoms with E-state index in [-0.39, 0.29) is 6.29 Å². The third-order valence-electron chi connectivity index (χ3n) is 3.62. The summed E-state index contributed by atoms with van der Waals surface area (Å²) >= 11 is 1.96. The molecule has 0 radical (unpaired) electrons. The predicted octanol–water partition coefficient (Wildman–Crippen LogP) is 5.30. The summed E-state index contributed by atoms with van der Waals surface area (Å²) in [5.41, 5.74) is 1.26. The van der Waals surface area contributed by atoms with Gasteiger partial charge in [0, 0.05) is 25.5 Å². The van der Waals surface area contributed by atoms with Crippen LogP contribution in [0.4, 0.5) is 0 Å². The quantitative estimate of drug-likeness (QED) is 0.296. The second-order valence-electron chi connectivity index (χ2n) is 5.37. The molecule has 0 N–H and O–H groups in total. The molecule has 0 heterocycles. The summed E-state index contributed by atoms with van der Waals surface area (Å²) in [6.07, 6.45) is 8.85. The van der Waals surface area contributed by atoms with Crippen molar-refractivity contribution < 1.29 is 9.47 Å². The Morgan fingerprint density at radius 2 is 1.52 bits per heavy atom. The molecule has 0 spiro atoms. The van der Waals surface area contributed by atoms with E-state index in [4.69, 9.17) is 9.47 Å². The van der Waals surface area contributed by atoms with Gasteiger partial charge >= 0.3 is 0 Å². The third-order valence-corrected chi connectivity index (χ3v) is 4.72. The number of methoxy groups -OCH3 is 2. The molecule has 0 fully saturated rings. The third kappa shape index (κ3) is 8.50. The fourth-order valence-electron chi connectivity index (χ4n) is 2.25. The molecule has 0 saturated heterocycles. The maximum Gasteiger partial charge on any atom is 0.160 e. The van der Waals surface area contributed by atoms with E-state index in [1.165, 1.54) is 54.7 Å². The van der Waals surface area contributed by atoms with E-state index >= 15 is 0 Å². The van der Waals surface area contributed by atoms with Crippen LogP contribution in [0, 0.1) is 0 Å². The zero-order valence-corrected chi connectivity index (χ0v) is 14.6. The maximum absolute atomic E-state index is 5.23. The van der Waals surface area contributed by atoms with Crippen molar-refractivity contribution in [3.63, 3.8) is 0 Å². The zero-order valence-electron chi connectivity index (χ0n) is 13.8. The lowest BCUT2D eigenvalue weighted by Crippen LogP contribution is -2.15. The van der Waals surface area contributed by atoms with Crippen molar-refractivity contribution in [1.82, 2.24) is 0 Å². The van der Waals surface area contributed by atoms with Crippen LogP contribution in [-0.2, 0) is 15.9 Å². The summed E-state index contributed by atoms with van der Waals surface area (Å²) < 4.78 is 10.5. The summed E-state index contributed by atoms with van der Waals surface area (Å²) in [6.45, 7) is 2.26. The Balaban J connectivity index is 2.19. The molecule has 0 aliphatic rings. The molecular weight excluding hydrogens is 280 g/mol. The van der Waals surface area contributed by atoms with Gasteiger partial charge in [0.25, 0.3) is 0 Å². The molecule has 1 aromatic rings. The number of thioether (sulfide) groups is 1. The zero-order chi connectivity index (χ0) is 15.3. The van der Waals surface area contributed by atoms with Gasteiger partial charge in [-0.05, 0) is 29.9 Å². The van der Waals surface area contributed by atoms with Crippen molar-refractivity contribution in [3.8, 4) is 0 Å². The van der Waals surface area contributed by atoms with Gasteiger partial charge in [-0.2, -0.15) is 0 Å². The molecule has 0 atom stereocenters. The molecule has 1 aromatic carbocycles. The lowest BCUT2D eigenvalue weighted by atomic mass is 10.1. The van der Waals surface area contributed by atoms with E-state index in [1.54, 1.807) is 14.2 Å². The summed E-state index contributed by atoms with van der Waals surface area (Å²) in [6, 6.07) is 8.77. The van der Waals surface area contributed by atoms with Crippen LogP contribution in [0.15, 0.2) is 29.2 Å². The average Bonchev–Trinajstić information content (AvgIpc) is 2.53. The van der Waals surface area contributed by atoms with Crippen LogP contribution in [0.1, 0.15) is 51.0 Å². The summed E-state index contributed by atoms with van der Waals surface area (Å²) in [4.78, 5) is 1.36. The first-order chi connectivity index (χ1) is 10.3. The van der Waals surface area contributed by atoms with E-state index in [1.807, 2.05) is 11.8 Å². The van der Waals surface area contributed by atoms with Crippen LogP contribution < -0.4 is 0 Å². The van der Waals surface area contributed by atoms with Crippen molar-refractivity contribution >= 4 is 11.8 Å². The molecule has 0 bridgehead atoms. The molecule has 0 aliphatic heterocycles. The molecule has 0 saturated carbocycles. The van der Waals surface area contributed by atoms with Crippen molar-refractivity contribution in [2.24, 2.45) is 0 Å². The monoisotopic (exact) mass is 310 g/mol. The van der Waals surface area contributed by atoms with E-state index in [2.05, 4.69) is 31.2 Å². The van der Waals surface area contributed by atoms with Crippen molar-refractivity contribution in [2.75, 3.05) is 20.0 Å². The number of hydrogen-bond acceptors (Lipinski definition) is 3. The van der Waals surface area contributed by atoms with Gasteiger partial charge in [-0.1, -0.05) is 51.2 Å². The number of ether oxygens (including phenoxy) is 2. The normalized spacial score (nSPS) is 11.2. The minimum Gasteiger partial charge on any atom is -0.356 e. The Kier molecular flexibility index (Phi) is 10.7. The minimum atomic E-state index is -0.147. The Bertz CT molecular complexity index is 347. The Hall–Kier alpha value is -0.510. The van der Waals surface area contributed by atoms with Crippen molar-refractivity contribution in [2.45, 2.75) is 63.1 Å². The van der Waals surface area contributed by atoms with Crippen LogP contribution in [0.3, 0.4) is 0 Å². The van der Waals surface area contributed by atoms with Crippen molar-refractivity contribution in [1.29, 1.82) is 0 Å². The standard InChI is InChI=1S/C18H30O2S/c1-4-5-6-7-8-9-14-21-17-12-10-16(11-13-17)15-18(19-2)20-3/h10-13,18H,4-9,14-15H2,1-3H3. The molecular formula is C18H30O2S. The van der Waals surface area contributed by atoms with E-state index in [0.717, 1.165) is 6.42 Å². The minimum absolute atomic E-state index is 0.147. The predicted molar refractivity (Wildman–Crippen MR) is 92.1 cm³/mol. The summed E-state index contributed by atoms with van der Waals surface area (Å²) in [5, 5.41) is 0. The molecule has 0 amide bonds. The highest BCUT2D eigenvalue weighted by molar-refractivity contribution is 7.99. The highest BCUT2D eigenvalue weighted by Crippen LogP contribution is 2.21. The first kappa shape index (κ1) is 18.5. The van der Waals surface area contributed by atoms with Gasteiger partial charge < -0.3 is 9.47 Å². The Labute approximate surface area is 134 Å². The highest BCUT2D eigenvalue weighted by atomic mass is 32.2. The first-order valence-corrected chi connectivity index (χ1v) is 9.06. The van der Waals surface area contributed by atoms with Crippen LogP contribution in [0.2, 0.25) is 0 Å². The Morgan fingerprint density at radius 3 is 2.14 bits per heavy atom. The van der Waals surface area contributed by atoms with Crippen LogP contribution in [0.5, 0.6) is 0 Å². The molecule has 120 valence electrons. The Morgan fingerprint density at radius 1 is 0.905 bits per heavy atom. The molecule has 1 rings (SSSR count). The van der Waals surface area contributed by atoms with Gasteiger partial charge in [0.05, 0.1) is 0 Å². The van der Waals surface area contributed by atoms with Gasteiger partial charge in [-0.25, -0.2) is 0 Å². The number of unbranched alkanes of at least 4 members (excludes halogenated alkanes) is 5. The smallest absolute Gasteiger partial charge is 0.160 e. The fraction of sp³-hybridized carbons (Fsp3) is 0.667. The molecule has 3 heteroatoms. The van der Waals surface area contributed by atoms with Crippen LogP contribution >= 0.6 is 11.8 Å². The lowest BCUT2D eigenvalue weighted by molar-refractivity contribution is -0.100. The van der Waals surface area contributed by atoms with Crippen LogP contribution in [0.25, 0.3) is 0 Å². The second-order valence-corrected chi connectivity index (χ2v) is 6.53. The molecule has 0 aliphatic carbocycles. The van der Waals surface area contributed by atoms with Gasteiger partial charge in [-0.3, -0.25) is 0 Å². The molecule has 21 heavy (non-hydrogen) atoms. The van der Waals surface area contributed by atoms with Gasteiger partial charge in [0.15, 0.2) is 6.29 Å². The maximum atomic E-state index is 5.23. The van der Waals surface area contributed by atoms with Crippen LogP contribution in [-0.4, -0.2) is 26.3 Å². The van der Waals surface area contributed by atoms with Gasteiger partial charge in [0.1, 0.15) is 0 Å². The van der Waals surface area contributed by atoms with E-state index < -0.39 is 0 Å². The molecule has 0 unspecified atom stereocenters. The number of benzene rings is 1. The SMILES string of the molecule is CCCCCCCCSc1ccc(CC(OC)OC)cc1. The van der Waals surface area contributed by atoms with Gasteiger partial charge in [-0.15, -0.1) is 11.8 Å². The lowest BCUT2D eigenvalue weighted by Gasteiger charge is -2.13. The number of rotatable bonds is 12. The average molecular weight is 311 g/mol. The first-order valence-electron chi connectivity index (χ1n) is 8.07. The molecule has 0 aromatic heterocycles. The fourth-order valence-corrected chi connectivity index (χ4v) is 3.16. The van der Waals surface area contributed by atoms with Crippen molar-refractivity contribution in [3.05, 3.63) is 29.8 Å². The highest BCUT2D eigenvalue weighted by Gasteiger charge is 2.06. The summed E-state index contributed by atoms with van der Waals surface area (Å²) in [5.74, 6) is 1.23. The van der Waals surface area contributed by atoms with E-state index in [0.29, 0.717) is 0 Å². The van der Waals surface area contributed by atoms with Gasteiger partial charge in [0.2, 0.25) is 0 Å². The number of hydrogen-bond donors (Lipinski definition) is 0.